The molecule has 0 radical (unpaired) electrons. The summed E-state index contributed by atoms with van der Waals surface area (Å²) in [4.78, 5) is 11.9. The molecule has 2 aromatic carbocycles. The molecule has 0 saturated heterocycles. The number of hydrazone groups is 1. The van der Waals surface area contributed by atoms with E-state index in [-0.39, 0.29) is 12.5 Å². The van der Waals surface area contributed by atoms with Gasteiger partial charge in [0.25, 0.3) is 5.91 Å². The van der Waals surface area contributed by atoms with Gasteiger partial charge in [-0.15, -0.1) is 0 Å². The van der Waals surface area contributed by atoms with Crippen molar-refractivity contribution in [2.45, 2.75) is 19.8 Å². The van der Waals surface area contributed by atoms with E-state index in [9.17, 15) is 4.79 Å². The number of carbonyl (C=O) groups excluding carboxylic acids is 1. The Hall–Kier alpha value is -3.02. The van der Waals surface area contributed by atoms with Gasteiger partial charge in [0.1, 0.15) is 5.75 Å². The Balaban J connectivity index is 1.87. The molecule has 0 bridgehead atoms. The third-order valence-corrected chi connectivity index (χ3v) is 3.71. The first kappa shape index (κ1) is 19.3. The van der Waals surface area contributed by atoms with Crippen LogP contribution in [-0.4, -0.2) is 32.9 Å². The van der Waals surface area contributed by atoms with Crippen molar-refractivity contribution in [2.75, 3.05) is 20.8 Å². The second-order valence-corrected chi connectivity index (χ2v) is 5.92. The molecule has 2 rings (SSSR count). The number of nitrogens with one attached hydrogen (secondary N) is 1. The van der Waals surface area contributed by atoms with Gasteiger partial charge in [0, 0.05) is 0 Å². The van der Waals surface area contributed by atoms with Crippen LogP contribution in [0.3, 0.4) is 0 Å². The van der Waals surface area contributed by atoms with Crippen LogP contribution >= 0.6 is 0 Å². The van der Waals surface area contributed by atoms with Crippen LogP contribution in [0.4, 0.5) is 0 Å². The summed E-state index contributed by atoms with van der Waals surface area (Å²) in [6.45, 7) is 4.11. The molecule has 0 aliphatic rings. The van der Waals surface area contributed by atoms with E-state index in [1.54, 1.807) is 26.4 Å². The van der Waals surface area contributed by atoms with Gasteiger partial charge in [-0.1, -0.05) is 26.0 Å². The number of ether oxygens (including phenoxy) is 3. The predicted octanol–water partition coefficient (Wildman–Crippen LogP) is 3.36. The van der Waals surface area contributed by atoms with Gasteiger partial charge in [-0.2, -0.15) is 5.10 Å². The molecular formula is C20H24N2O4. The van der Waals surface area contributed by atoms with E-state index < -0.39 is 0 Å². The van der Waals surface area contributed by atoms with Crippen LogP contribution in [-0.2, 0) is 4.79 Å². The third-order valence-electron chi connectivity index (χ3n) is 3.71. The molecule has 6 nitrogen and oxygen atoms in total. The van der Waals surface area contributed by atoms with Gasteiger partial charge in [-0.25, -0.2) is 5.43 Å². The third kappa shape index (κ3) is 5.51. The fraction of sp³-hybridized carbons (Fsp3) is 0.300. The summed E-state index contributed by atoms with van der Waals surface area (Å²) in [6.07, 6.45) is 1.53. The Bertz CT molecular complexity index is 772. The molecule has 138 valence electrons. The molecule has 0 spiro atoms. The van der Waals surface area contributed by atoms with Crippen LogP contribution in [0.15, 0.2) is 47.6 Å². The first-order valence-corrected chi connectivity index (χ1v) is 8.30. The highest BCUT2D eigenvalue weighted by atomic mass is 16.5. The van der Waals surface area contributed by atoms with Crippen molar-refractivity contribution in [1.29, 1.82) is 0 Å². The molecule has 0 saturated carbocycles. The van der Waals surface area contributed by atoms with Gasteiger partial charge in [-0.3, -0.25) is 4.79 Å². The molecule has 0 heterocycles. The van der Waals surface area contributed by atoms with Crippen molar-refractivity contribution in [3.05, 3.63) is 53.6 Å². The minimum atomic E-state index is -0.336. The Morgan fingerprint density at radius 2 is 1.88 bits per heavy atom. The van der Waals surface area contributed by atoms with Crippen molar-refractivity contribution in [3.63, 3.8) is 0 Å². The molecule has 0 fully saturated rings. The Morgan fingerprint density at radius 1 is 1.12 bits per heavy atom. The molecule has 0 aromatic heterocycles. The number of methoxy groups -OCH3 is 2. The van der Waals surface area contributed by atoms with Crippen molar-refractivity contribution in [2.24, 2.45) is 5.10 Å². The van der Waals surface area contributed by atoms with Crippen LogP contribution < -0.4 is 19.6 Å². The van der Waals surface area contributed by atoms with Crippen LogP contribution in [0.1, 0.15) is 30.9 Å². The largest absolute Gasteiger partial charge is 0.493 e. The van der Waals surface area contributed by atoms with E-state index in [1.807, 2.05) is 30.3 Å². The standard InChI is InChI=1S/C20H24N2O4/c1-14(2)16-6-5-7-17(11-16)26-13-20(23)22-21-12-15-8-9-18(24-3)19(10-15)25-4/h5-12,14H,13H2,1-4H3,(H,22,23)/b21-12+. The number of carbonyl (C=O) groups is 1. The fourth-order valence-electron chi connectivity index (χ4n) is 2.26. The second kappa shape index (κ2) is 9.46. The van der Waals surface area contributed by atoms with Crippen molar-refractivity contribution in [3.8, 4) is 17.2 Å². The highest BCUT2D eigenvalue weighted by molar-refractivity contribution is 5.83. The number of rotatable bonds is 8. The second-order valence-electron chi connectivity index (χ2n) is 5.92. The molecule has 6 heteroatoms. The Morgan fingerprint density at radius 3 is 2.58 bits per heavy atom. The Labute approximate surface area is 153 Å². The quantitative estimate of drug-likeness (QED) is 0.582. The summed E-state index contributed by atoms with van der Waals surface area (Å²) in [5.74, 6) is 1.95. The number of hydrogen-bond acceptors (Lipinski definition) is 5. The van der Waals surface area contributed by atoms with Gasteiger partial charge in [0.05, 0.1) is 20.4 Å². The van der Waals surface area contributed by atoms with E-state index in [1.165, 1.54) is 6.21 Å². The summed E-state index contributed by atoms with van der Waals surface area (Å²) in [5.41, 5.74) is 4.37. The van der Waals surface area contributed by atoms with Gasteiger partial charge < -0.3 is 14.2 Å². The minimum absolute atomic E-state index is 0.106. The van der Waals surface area contributed by atoms with E-state index in [0.717, 1.165) is 11.1 Å². The number of hydrogen-bond donors (Lipinski definition) is 1. The Kier molecular flexibility index (Phi) is 7.02. The number of nitrogens with zero attached hydrogens (tertiary/aromatic N) is 1. The lowest BCUT2D eigenvalue weighted by Crippen LogP contribution is -2.24. The minimum Gasteiger partial charge on any atom is -0.493 e. The lowest BCUT2D eigenvalue weighted by Gasteiger charge is -2.09. The molecule has 0 unspecified atom stereocenters. The molecule has 1 amide bonds. The highest BCUT2D eigenvalue weighted by Gasteiger charge is 2.05. The normalized spacial score (nSPS) is 10.8. The molecular weight excluding hydrogens is 332 g/mol. The summed E-state index contributed by atoms with van der Waals surface area (Å²) >= 11 is 0. The van der Waals surface area contributed by atoms with Gasteiger partial charge >= 0.3 is 0 Å². The molecule has 0 atom stereocenters. The molecule has 1 N–H and O–H groups in total. The van der Waals surface area contributed by atoms with E-state index >= 15 is 0 Å². The first-order valence-electron chi connectivity index (χ1n) is 8.30. The molecule has 0 aliphatic carbocycles. The molecule has 0 aliphatic heterocycles. The smallest absolute Gasteiger partial charge is 0.277 e. The summed E-state index contributed by atoms with van der Waals surface area (Å²) in [5, 5.41) is 3.93. The van der Waals surface area contributed by atoms with E-state index in [2.05, 4.69) is 24.4 Å². The summed E-state index contributed by atoms with van der Waals surface area (Å²) in [6, 6.07) is 13.1. The maximum atomic E-state index is 11.9. The van der Waals surface area contributed by atoms with Gasteiger partial charge in [0.15, 0.2) is 18.1 Å². The SMILES string of the molecule is COc1ccc(/C=N/NC(=O)COc2cccc(C(C)C)c2)cc1OC. The number of benzene rings is 2. The van der Waals surface area contributed by atoms with Crippen molar-refractivity contribution >= 4 is 12.1 Å². The lowest BCUT2D eigenvalue weighted by molar-refractivity contribution is -0.123. The number of amides is 1. The average molecular weight is 356 g/mol. The zero-order chi connectivity index (χ0) is 18.9. The zero-order valence-electron chi connectivity index (χ0n) is 15.5. The zero-order valence-corrected chi connectivity index (χ0v) is 15.5. The summed E-state index contributed by atoms with van der Waals surface area (Å²) in [7, 11) is 3.13. The maximum Gasteiger partial charge on any atom is 0.277 e. The van der Waals surface area contributed by atoms with Crippen molar-refractivity contribution in [1.82, 2.24) is 5.43 Å². The predicted molar refractivity (Wildman–Crippen MR) is 101 cm³/mol. The maximum absolute atomic E-state index is 11.9. The van der Waals surface area contributed by atoms with Crippen LogP contribution in [0.2, 0.25) is 0 Å². The molecule has 2 aromatic rings. The first-order chi connectivity index (χ1) is 12.5. The van der Waals surface area contributed by atoms with Gasteiger partial charge in [-0.05, 0) is 47.4 Å². The van der Waals surface area contributed by atoms with Crippen LogP contribution in [0.25, 0.3) is 0 Å². The van der Waals surface area contributed by atoms with E-state index in [4.69, 9.17) is 14.2 Å². The monoisotopic (exact) mass is 356 g/mol. The lowest BCUT2D eigenvalue weighted by atomic mass is 10.0. The average Bonchev–Trinajstić information content (AvgIpc) is 2.66. The summed E-state index contributed by atoms with van der Waals surface area (Å²) < 4.78 is 15.9. The topological polar surface area (TPSA) is 69.2 Å². The van der Waals surface area contributed by atoms with Crippen molar-refractivity contribution < 1.29 is 19.0 Å². The molecule has 26 heavy (non-hydrogen) atoms. The highest BCUT2D eigenvalue weighted by Crippen LogP contribution is 2.26. The van der Waals surface area contributed by atoms with Crippen LogP contribution in [0, 0.1) is 0 Å². The van der Waals surface area contributed by atoms with E-state index in [0.29, 0.717) is 23.2 Å². The van der Waals surface area contributed by atoms with Crippen LogP contribution in [0.5, 0.6) is 17.2 Å². The fourth-order valence-corrected chi connectivity index (χ4v) is 2.26. The van der Waals surface area contributed by atoms with Gasteiger partial charge in [0.2, 0.25) is 0 Å².